The molecule has 1 N–H and O–H groups in total. The number of sulfonamides is 1. The molecule has 1 aliphatic rings. The number of rotatable bonds is 7. The first-order chi connectivity index (χ1) is 14.5. The Morgan fingerprint density at radius 3 is 2.39 bits per heavy atom. The summed E-state index contributed by atoms with van der Waals surface area (Å²) in [5.74, 6) is -1.60. The summed E-state index contributed by atoms with van der Waals surface area (Å²) in [6.07, 6.45) is 1.57. The monoisotopic (exact) mass is 466 g/mol. The lowest BCUT2D eigenvalue weighted by Crippen LogP contribution is -2.28. The van der Waals surface area contributed by atoms with Crippen molar-refractivity contribution in [3.05, 3.63) is 51.3 Å². The van der Waals surface area contributed by atoms with Gasteiger partial charge in [0.2, 0.25) is 15.8 Å². The lowest BCUT2D eigenvalue weighted by molar-refractivity contribution is 0.0473. The fourth-order valence-corrected chi connectivity index (χ4v) is 5.48. The molecular weight excluding hydrogens is 444 g/mol. The van der Waals surface area contributed by atoms with E-state index in [4.69, 9.17) is 16.3 Å². The van der Waals surface area contributed by atoms with Crippen molar-refractivity contribution < 1.29 is 27.5 Å². The van der Waals surface area contributed by atoms with E-state index in [1.807, 2.05) is 0 Å². The lowest BCUT2D eigenvalue weighted by atomic mass is 10.1. The average molecular weight is 467 g/mol. The van der Waals surface area contributed by atoms with Gasteiger partial charge in [0.1, 0.15) is 0 Å². The molecule has 1 aromatic carbocycles. The number of H-pyrrole nitrogens is 1. The molecule has 0 spiro atoms. The van der Waals surface area contributed by atoms with Crippen LogP contribution in [-0.4, -0.2) is 54.9 Å². The predicted molar refractivity (Wildman–Crippen MR) is 114 cm³/mol. The van der Waals surface area contributed by atoms with Gasteiger partial charge in [-0.25, -0.2) is 13.2 Å². The van der Waals surface area contributed by atoms with E-state index in [1.54, 1.807) is 13.8 Å². The SMILES string of the molecule is CC(=O)c1c(C)[nH]c(C(=O)COC(=O)c2cc(S(=O)(=O)N3CCCC3)ccc2Cl)c1C. The number of nitrogens with one attached hydrogen (secondary N) is 1. The third-order valence-corrected chi connectivity index (χ3v) is 7.49. The molecule has 3 rings (SSSR count). The zero-order chi connectivity index (χ0) is 22.9. The smallest absolute Gasteiger partial charge is 0.340 e. The van der Waals surface area contributed by atoms with Gasteiger partial charge in [0.25, 0.3) is 0 Å². The number of ether oxygens (including phenoxy) is 1. The summed E-state index contributed by atoms with van der Waals surface area (Å²) in [6.45, 7) is 4.99. The van der Waals surface area contributed by atoms with E-state index in [2.05, 4.69) is 4.98 Å². The molecule has 2 heterocycles. The molecule has 0 aliphatic carbocycles. The Morgan fingerprint density at radius 2 is 1.81 bits per heavy atom. The Labute approximate surface area is 185 Å². The van der Waals surface area contributed by atoms with E-state index in [-0.39, 0.29) is 27.0 Å². The Kier molecular flexibility index (Phi) is 6.68. The van der Waals surface area contributed by atoms with Gasteiger partial charge in [-0.15, -0.1) is 0 Å². The molecule has 0 radical (unpaired) electrons. The summed E-state index contributed by atoms with van der Waals surface area (Å²) in [5.41, 5.74) is 1.52. The molecule has 0 saturated carbocycles. The first-order valence-electron chi connectivity index (χ1n) is 9.74. The van der Waals surface area contributed by atoms with Crippen molar-refractivity contribution in [3.63, 3.8) is 0 Å². The van der Waals surface area contributed by atoms with Gasteiger partial charge >= 0.3 is 5.97 Å². The maximum atomic E-state index is 12.7. The number of esters is 1. The van der Waals surface area contributed by atoms with Crippen LogP contribution < -0.4 is 0 Å². The first-order valence-corrected chi connectivity index (χ1v) is 11.6. The van der Waals surface area contributed by atoms with Gasteiger partial charge in [0.15, 0.2) is 12.4 Å². The molecule has 0 unspecified atom stereocenters. The van der Waals surface area contributed by atoms with Crippen LogP contribution in [0.25, 0.3) is 0 Å². The van der Waals surface area contributed by atoms with Gasteiger partial charge < -0.3 is 9.72 Å². The molecule has 1 aliphatic heterocycles. The topological polar surface area (TPSA) is 114 Å². The third kappa shape index (κ3) is 4.58. The molecule has 2 aromatic rings. The van der Waals surface area contributed by atoms with Crippen molar-refractivity contribution in [2.24, 2.45) is 0 Å². The highest BCUT2D eigenvalue weighted by atomic mass is 35.5. The zero-order valence-electron chi connectivity index (χ0n) is 17.5. The Morgan fingerprint density at radius 1 is 1.16 bits per heavy atom. The predicted octanol–water partition coefficient (Wildman–Crippen LogP) is 3.31. The van der Waals surface area contributed by atoms with Crippen molar-refractivity contribution in [1.82, 2.24) is 9.29 Å². The number of benzene rings is 1. The van der Waals surface area contributed by atoms with E-state index in [0.29, 0.717) is 29.9 Å². The van der Waals surface area contributed by atoms with Crippen molar-refractivity contribution in [1.29, 1.82) is 0 Å². The van der Waals surface area contributed by atoms with Crippen LogP contribution in [-0.2, 0) is 14.8 Å². The fourth-order valence-electron chi connectivity index (χ4n) is 3.74. The highest BCUT2D eigenvalue weighted by Crippen LogP contribution is 2.26. The van der Waals surface area contributed by atoms with Crippen LogP contribution >= 0.6 is 11.6 Å². The standard InChI is InChI=1S/C21H23ClN2O6S/c1-12-19(14(3)25)13(2)23-20(12)18(26)11-30-21(27)16-10-15(6-7-17(16)22)31(28,29)24-8-4-5-9-24/h6-7,10,23H,4-5,8-9,11H2,1-3H3. The quantitative estimate of drug-likeness (QED) is 0.494. The molecule has 0 atom stereocenters. The molecule has 1 fully saturated rings. The van der Waals surface area contributed by atoms with E-state index >= 15 is 0 Å². The number of hydrogen-bond acceptors (Lipinski definition) is 6. The van der Waals surface area contributed by atoms with Crippen LogP contribution in [0.4, 0.5) is 0 Å². The van der Waals surface area contributed by atoms with Crippen LogP contribution in [0.15, 0.2) is 23.1 Å². The van der Waals surface area contributed by atoms with Gasteiger partial charge in [-0.2, -0.15) is 4.31 Å². The Hall–Kier alpha value is -2.49. The molecule has 1 saturated heterocycles. The number of carbonyl (C=O) groups excluding carboxylic acids is 3. The number of carbonyl (C=O) groups is 3. The summed E-state index contributed by atoms with van der Waals surface area (Å²) in [6, 6.07) is 3.83. The Balaban J connectivity index is 1.77. The van der Waals surface area contributed by atoms with Crippen LogP contribution in [0, 0.1) is 13.8 Å². The van der Waals surface area contributed by atoms with Crippen LogP contribution in [0.2, 0.25) is 5.02 Å². The second kappa shape index (κ2) is 8.94. The number of aromatic amines is 1. The maximum Gasteiger partial charge on any atom is 0.340 e. The minimum absolute atomic E-state index is 0.0172. The molecule has 0 bridgehead atoms. The van der Waals surface area contributed by atoms with E-state index in [0.717, 1.165) is 12.8 Å². The molecule has 31 heavy (non-hydrogen) atoms. The fraction of sp³-hybridized carbons (Fsp3) is 0.381. The second-order valence-electron chi connectivity index (χ2n) is 7.43. The third-order valence-electron chi connectivity index (χ3n) is 5.26. The first kappa shape index (κ1) is 23.2. The summed E-state index contributed by atoms with van der Waals surface area (Å²) in [4.78, 5) is 39.6. The minimum Gasteiger partial charge on any atom is -0.454 e. The van der Waals surface area contributed by atoms with Crippen molar-refractivity contribution in [2.75, 3.05) is 19.7 Å². The number of aromatic nitrogens is 1. The van der Waals surface area contributed by atoms with Gasteiger partial charge in [-0.1, -0.05) is 11.6 Å². The van der Waals surface area contributed by atoms with Crippen LogP contribution in [0.5, 0.6) is 0 Å². The van der Waals surface area contributed by atoms with Crippen LogP contribution in [0.3, 0.4) is 0 Å². The van der Waals surface area contributed by atoms with Gasteiger partial charge in [0, 0.05) is 24.3 Å². The minimum atomic E-state index is -3.74. The number of hydrogen-bond donors (Lipinski definition) is 1. The number of Topliss-reactive ketones (excluding diaryl/α,β-unsaturated/α-hetero) is 2. The van der Waals surface area contributed by atoms with Crippen molar-refractivity contribution >= 4 is 39.2 Å². The maximum absolute atomic E-state index is 12.7. The summed E-state index contributed by atoms with van der Waals surface area (Å²) >= 11 is 6.08. The number of ketones is 2. The van der Waals surface area contributed by atoms with Gasteiger partial charge in [0.05, 0.1) is 21.2 Å². The average Bonchev–Trinajstić information content (AvgIpc) is 3.34. The highest BCUT2D eigenvalue weighted by molar-refractivity contribution is 7.89. The number of aryl methyl sites for hydroxylation is 1. The van der Waals surface area contributed by atoms with Gasteiger partial charge in [-0.05, 0) is 57.4 Å². The van der Waals surface area contributed by atoms with E-state index < -0.39 is 28.4 Å². The second-order valence-corrected chi connectivity index (χ2v) is 9.78. The van der Waals surface area contributed by atoms with Crippen LogP contribution in [0.1, 0.15) is 62.2 Å². The lowest BCUT2D eigenvalue weighted by Gasteiger charge is -2.16. The summed E-state index contributed by atoms with van der Waals surface area (Å²) in [5, 5.41) is 0.0172. The normalized spacial score (nSPS) is 14.6. The van der Waals surface area contributed by atoms with Crippen molar-refractivity contribution in [3.8, 4) is 0 Å². The molecule has 10 heteroatoms. The van der Waals surface area contributed by atoms with E-state index in [9.17, 15) is 22.8 Å². The molecule has 8 nitrogen and oxygen atoms in total. The number of halogens is 1. The van der Waals surface area contributed by atoms with Gasteiger partial charge in [-0.3, -0.25) is 9.59 Å². The zero-order valence-corrected chi connectivity index (χ0v) is 19.0. The summed E-state index contributed by atoms with van der Waals surface area (Å²) in [7, 11) is -3.74. The largest absolute Gasteiger partial charge is 0.454 e. The summed E-state index contributed by atoms with van der Waals surface area (Å²) < 4.78 is 31.9. The van der Waals surface area contributed by atoms with Crippen molar-refractivity contribution in [2.45, 2.75) is 38.5 Å². The highest BCUT2D eigenvalue weighted by Gasteiger charge is 2.29. The molecule has 0 amide bonds. The Bertz CT molecular complexity index is 1160. The molecular formula is C21H23ClN2O6S. The molecule has 1 aromatic heterocycles. The molecule has 166 valence electrons. The number of nitrogens with zero attached hydrogens (tertiary/aromatic N) is 1. The van der Waals surface area contributed by atoms with E-state index in [1.165, 1.54) is 29.4 Å².